The molecule has 0 aliphatic rings. The Bertz CT molecular complexity index is 505. The molecule has 1 heterocycles. The van der Waals surface area contributed by atoms with Gasteiger partial charge in [-0.1, -0.05) is 12.1 Å². The van der Waals surface area contributed by atoms with Crippen LogP contribution in [-0.4, -0.2) is 16.7 Å². The third kappa shape index (κ3) is 2.04. The number of anilines is 1. The molecule has 0 radical (unpaired) electrons. The minimum absolute atomic E-state index is 0.662. The van der Waals surface area contributed by atoms with E-state index in [1.165, 1.54) is 0 Å². The molecule has 0 spiro atoms. The van der Waals surface area contributed by atoms with Gasteiger partial charge >= 0.3 is 0 Å². The van der Waals surface area contributed by atoms with Gasteiger partial charge in [-0.2, -0.15) is 10.4 Å². The van der Waals surface area contributed by atoms with Gasteiger partial charge in [-0.05, 0) is 24.6 Å². The van der Waals surface area contributed by atoms with Crippen LogP contribution in [0.25, 0.3) is 11.3 Å². The fourth-order valence-electron chi connectivity index (χ4n) is 1.47. The van der Waals surface area contributed by atoms with Gasteiger partial charge in [0, 0.05) is 12.6 Å². The van der Waals surface area contributed by atoms with E-state index < -0.39 is 0 Å². The minimum atomic E-state index is 0.662. The van der Waals surface area contributed by atoms with Gasteiger partial charge in [-0.25, -0.2) is 0 Å². The number of aromatic nitrogens is 2. The standard InChI is InChI=1S/C12H12N4/c1-2-14-12-7-11(15-16-12)10-5-3-9(8-13)4-6-10/h3-7H,2H2,1H3,(H2,14,15,16). The summed E-state index contributed by atoms with van der Waals surface area (Å²) < 4.78 is 0. The molecule has 0 saturated carbocycles. The lowest BCUT2D eigenvalue weighted by atomic mass is 10.1. The van der Waals surface area contributed by atoms with Gasteiger partial charge in [0.05, 0.1) is 17.3 Å². The molecule has 0 aliphatic heterocycles. The molecule has 0 saturated heterocycles. The van der Waals surface area contributed by atoms with E-state index >= 15 is 0 Å². The highest BCUT2D eigenvalue weighted by Crippen LogP contribution is 2.19. The van der Waals surface area contributed by atoms with Crippen molar-refractivity contribution in [1.29, 1.82) is 5.26 Å². The van der Waals surface area contributed by atoms with Crippen molar-refractivity contribution in [2.75, 3.05) is 11.9 Å². The second-order valence-electron chi connectivity index (χ2n) is 3.39. The number of nitriles is 1. The first-order valence-corrected chi connectivity index (χ1v) is 5.13. The summed E-state index contributed by atoms with van der Waals surface area (Å²) in [6, 6.07) is 11.4. The van der Waals surface area contributed by atoms with Crippen molar-refractivity contribution in [3.05, 3.63) is 35.9 Å². The van der Waals surface area contributed by atoms with Crippen LogP contribution in [0.5, 0.6) is 0 Å². The van der Waals surface area contributed by atoms with E-state index in [9.17, 15) is 0 Å². The lowest BCUT2D eigenvalue weighted by Crippen LogP contribution is -1.95. The van der Waals surface area contributed by atoms with Gasteiger partial charge in [0.25, 0.3) is 0 Å². The molecule has 2 N–H and O–H groups in total. The monoisotopic (exact) mass is 212 g/mol. The Hall–Kier alpha value is -2.28. The van der Waals surface area contributed by atoms with E-state index in [4.69, 9.17) is 5.26 Å². The first-order chi connectivity index (χ1) is 7.83. The number of hydrogen-bond acceptors (Lipinski definition) is 3. The van der Waals surface area contributed by atoms with E-state index in [-0.39, 0.29) is 0 Å². The molecule has 2 aromatic rings. The Labute approximate surface area is 93.9 Å². The highest BCUT2D eigenvalue weighted by atomic mass is 15.2. The number of nitrogens with zero attached hydrogens (tertiary/aromatic N) is 2. The van der Waals surface area contributed by atoms with E-state index in [1.54, 1.807) is 12.1 Å². The summed E-state index contributed by atoms with van der Waals surface area (Å²) in [5.74, 6) is 0.835. The Morgan fingerprint density at radius 1 is 1.38 bits per heavy atom. The number of benzene rings is 1. The maximum Gasteiger partial charge on any atom is 0.148 e. The Kier molecular flexibility index (Phi) is 2.88. The third-order valence-electron chi connectivity index (χ3n) is 2.26. The van der Waals surface area contributed by atoms with Crippen LogP contribution in [-0.2, 0) is 0 Å². The minimum Gasteiger partial charge on any atom is -0.369 e. The Morgan fingerprint density at radius 3 is 2.75 bits per heavy atom. The molecule has 1 aromatic carbocycles. The van der Waals surface area contributed by atoms with Gasteiger partial charge in [0.1, 0.15) is 5.82 Å². The zero-order valence-corrected chi connectivity index (χ0v) is 8.99. The van der Waals surface area contributed by atoms with Gasteiger partial charge < -0.3 is 5.32 Å². The summed E-state index contributed by atoms with van der Waals surface area (Å²) in [4.78, 5) is 0. The van der Waals surface area contributed by atoms with Crippen LogP contribution in [0, 0.1) is 11.3 Å². The molecule has 16 heavy (non-hydrogen) atoms. The van der Waals surface area contributed by atoms with Crippen LogP contribution in [0.15, 0.2) is 30.3 Å². The number of aromatic amines is 1. The summed E-state index contributed by atoms with van der Waals surface area (Å²) >= 11 is 0. The van der Waals surface area contributed by atoms with E-state index in [0.29, 0.717) is 5.56 Å². The second kappa shape index (κ2) is 4.49. The number of H-pyrrole nitrogens is 1. The van der Waals surface area contributed by atoms with E-state index in [1.807, 2.05) is 25.1 Å². The van der Waals surface area contributed by atoms with Crippen LogP contribution >= 0.6 is 0 Å². The Balaban J connectivity index is 2.25. The summed E-state index contributed by atoms with van der Waals surface area (Å²) in [5, 5.41) is 18.9. The number of nitrogens with one attached hydrogen (secondary N) is 2. The molecule has 0 atom stereocenters. The highest BCUT2D eigenvalue weighted by Gasteiger charge is 2.02. The quantitative estimate of drug-likeness (QED) is 0.821. The van der Waals surface area contributed by atoms with Crippen molar-refractivity contribution in [3.63, 3.8) is 0 Å². The Morgan fingerprint density at radius 2 is 2.12 bits per heavy atom. The summed E-state index contributed by atoms with van der Waals surface area (Å²) in [7, 11) is 0. The molecule has 4 nitrogen and oxygen atoms in total. The number of hydrogen-bond donors (Lipinski definition) is 2. The largest absolute Gasteiger partial charge is 0.369 e. The van der Waals surface area contributed by atoms with Crippen molar-refractivity contribution in [3.8, 4) is 17.3 Å². The lowest BCUT2D eigenvalue weighted by Gasteiger charge is -1.96. The van der Waals surface area contributed by atoms with Crippen molar-refractivity contribution < 1.29 is 0 Å². The molecule has 0 aliphatic carbocycles. The van der Waals surface area contributed by atoms with Crippen molar-refractivity contribution in [2.45, 2.75) is 6.92 Å². The molecule has 80 valence electrons. The van der Waals surface area contributed by atoms with E-state index in [0.717, 1.165) is 23.6 Å². The molecule has 0 fully saturated rings. The van der Waals surface area contributed by atoms with Crippen molar-refractivity contribution in [1.82, 2.24) is 10.2 Å². The predicted octanol–water partition coefficient (Wildman–Crippen LogP) is 2.38. The average molecular weight is 212 g/mol. The first kappa shape index (κ1) is 10.2. The topological polar surface area (TPSA) is 64.5 Å². The molecule has 0 bridgehead atoms. The molecule has 1 aromatic heterocycles. The van der Waals surface area contributed by atoms with Crippen LogP contribution in [0.4, 0.5) is 5.82 Å². The summed E-state index contributed by atoms with van der Waals surface area (Å²) in [6.07, 6.45) is 0. The summed E-state index contributed by atoms with van der Waals surface area (Å²) in [6.45, 7) is 2.87. The van der Waals surface area contributed by atoms with Crippen LogP contribution in [0.1, 0.15) is 12.5 Å². The lowest BCUT2D eigenvalue weighted by molar-refractivity contribution is 1.07. The second-order valence-corrected chi connectivity index (χ2v) is 3.39. The predicted molar refractivity (Wildman–Crippen MR) is 62.9 cm³/mol. The number of rotatable bonds is 3. The van der Waals surface area contributed by atoms with Gasteiger partial charge in [-0.3, -0.25) is 5.10 Å². The highest BCUT2D eigenvalue weighted by molar-refractivity contribution is 5.63. The third-order valence-corrected chi connectivity index (χ3v) is 2.26. The van der Waals surface area contributed by atoms with Gasteiger partial charge in [-0.15, -0.1) is 0 Å². The zero-order chi connectivity index (χ0) is 11.4. The molecule has 4 heteroatoms. The smallest absolute Gasteiger partial charge is 0.148 e. The van der Waals surface area contributed by atoms with Gasteiger partial charge in [0.15, 0.2) is 0 Å². The van der Waals surface area contributed by atoms with Crippen LogP contribution in [0.2, 0.25) is 0 Å². The average Bonchev–Trinajstić information content (AvgIpc) is 2.78. The van der Waals surface area contributed by atoms with Gasteiger partial charge in [0.2, 0.25) is 0 Å². The van der Waals surface area contributed by atoms with Crippen LogP contribution in [0.3, 0.4) is 0 Å². The molecular formula is C12H12N4. The maximum absolute atomic E-state index is 8.69. The van der Waals surface area contributed by atoms with Crippen molar-refractivity contribution >= 4 is 5.82 Å². The van der Waals surface area contributed by atoms with E-state index in [2.05, 4.69) is 21.6 Å². The molecule has 0 unspecified atom stereocenters. The molecule has 2 rings (SSSR count). The zero-order valence-electron chi connectivity index (χ0n) is 8.99. The normalized spacial score (nSPS) is 9.75. The maximum atomic E-state index is 8.69. The fraction of sp³-hybridized carbons (Fsp3) is 0.167. The van der Waals surface area contributed by atoms with Crippen molar-refractivity contribution in [2.24, 2.45) is 0 Å². The first-order valence-electron chi connectivity index (χ1n) is 5.13. The van der Waals surface area contributed by atoms with Crippen LogP contribution < -0.4 is 5.32 Å². The SMILES string of the molecule is CCNc1cc(-c2ccc(C#N)cc2)[nH]n1. The fourth-order valence-corrected chi connectivity index (χ4v) is 1.47. The molecule has 0 amide bonds. The molecular weight excluding hydrogens is 200 g/mol. The summed E-state index contributed by atoms with van der Waals surface area (Å²) in [5.41, 5.74) is 2.63.